The average Bonchev–Trinajstić information content (AvgIpc) is 2.46. The molecule has 1 atom stereocenters. The maximum absolute atomic E-state index is 12.1. The zero-order valence-corrected chi connectivity index (χ0v) is 13.7. The number of benzene rings is 1. The zero-order chi connectivity index (χ0) is 17.0. The van der Waals surface area contributed by atoms with Gasteiger partial charge in [-0.25, -0.2) is 4.79 Å². The minimum atomic E-state index is -0.516. The maximum atomic E-state index is 12.1. The Hall–Kier alpha value is -2.15. The summed E-state index contributed by atoms with van der Waals surface area (Å²) in [7, 11) is 0. The molecule has 1 unspecified atom stereocenters. The third-order valence-corrected chi connectivity index (χ3v) is 3.51. The van der Waals surface area contributed by atoms with Crippen molar-refractivity contribution in [3.8, 4) is 0 Å². The van der Waals surface area contributed by atoms with Crippen LogP contribution in [0.15, 0.2) is 24.3 Å². The minimum absolute atomic E-state index is 0.0540. The van der Waals surface area contributed by atoms with Crippen molar-refractivity contribution in [3.63, 3.8) is 0 Å². The molecule has 23 heavy (non-hydrogen) atoms. The van der Waals surface area contributed by atoms with Crippen molar-refractivity contribution >= 4 is 11.8 Å². The van der Waals surface area contributed by atoms with Crippen LogP contribution in [-0.4, -0.2) is 47.2 Å². The summed E-state index contributed by atoms with van der Waals surface area (Å²) >= 11 is 0. The van der Waals surface area contributed by atoms with Crippen molar-refractivity contribution < 1.29 is 14.5 Å². The third-order valence-electron chi connectivity index (χ3n) is 3.51. The number of carbonyl (C=O) groups excluding carboxylic acids is 1. The first-order chi connectivity index (χ1) is 10.7. The zero-order valence-electron chi connectivity index (χ0n) is 13.7. The van der Waals surface area contributed by atoms with Gasteiger partial charge in [-0.05, 0) is 32.8 Å². The fourth-order valence-corrected chi connectivity index (χ4v) is 2.54. The fraction of sp³-hybridized carbons (Fsp3) is 0.562. The molecule has 1 aromatic carbocycles. The third kappa shape index (κ3) is 5.21. The largest absolute Gasteiger partial charge is 0.444 e. The predicted molar refractivity (Wildman–Crippen MR) is 86.4 cm³/mol. The van der Waals surface area contributed by atoms with E-state index in [-0.39, 0.29) is 17.8 Å². The van der Waals surface area contributed by atoms with Gasteiger partial charge >= 0.3 is 6.09 Å². The highest BCUT2D eigenvalue weighted by Crippen LogP contribution is 2.16. The van der Waals surface area contributed by atoms with Gasteiger partial charge in [0.25, 0.3) is 5.69 Å². The molecule has 1 N–H and O–H groups in total. The Morgan fingerprint density at radius 1 is 1.48 bits per heavy atom. The van der Waals surface area contributed by atoms with E-state index in [9.17, 15) is 14.9 Å². The highest BCUT2D eigenvalue weighted by Gasteiger charge is 2.27. The van der Waals surface area contributed by atoms with Crippen molar-refractivity contribution in [1.29, 1.82) is 0 Å². The maximum Gasteiger partial charge on any atom is 0.410 e. The molecule has 0 aliphatic carbocycles. The number of amides is 1. The first-order valence-corrected chi connectivity index (χ1v) is 7.69. The Balaban J connectivity index is 1.97. The normalized spacial score (nSPS) is 18.6. The molecule has 1 aromatic rings. The molecule has 1 aliphatic heterocycles. The molecule has 0 spiro atoms. The molecule has 7 nitrogen and oxygen atoms in total. The topological polar surface area (TPSA) is 84.7 Å². The molecule has 7 heteroatoms. The first-order valence-electron chi connectivity index (χ1n) is 7.69. The average molecular weight is 321 g/mol. The number of hydrogen-bond donors (Lipinski definition) is 1. The van der Waals surface area contributed by atoms with Gasteiger partial charge in [0.15, 0.2) is 0 Å². The highest BCUT2D eigenvalue weighted by atomic mass is 16.6. The van der Waals surface area contributed by atoms with Crippen LogP contribution in [0.2, 0.25) is 0 Å². The molecule has 1 aliphatic rings. The second-order valence-corrected chi connectivity index (χ2v) is 6.71. The lowest BCUT2D eigenvalue weighted by Gasteiger charge is -2.35. The fourth-order valence-electron chi connectivity index (χ4n) is 2.54. The van der Waals surface area contributed by atoms with Crippen LogP contribution in [0.25, 0.3) is 0 Å². The summed E-state index contributed by atoms with van der Waals surface area (Å²) in [5, 5.41) is 14.2. The standard InChI is InChI=1S/C16H23N3O4/c1-16(2,3)23-15(20)18-8-7-17-13(11-18)9-12-5-4-6-14(10-12)19(21)22/h4-6,10,13,17H,7-9,11H2,1-3H3. The van der Waals surface area contributed by atoms with Crippen LogP contribution in [0.5, 0.6) is 0 Å². The van der Waals surface area contributed by atoms with Crippen LogP contribution in [0, 0.1) is 10.1 Å². The van der Waals surface area contributed by atoms with E-state index in [1.165, 1.54) is 6.07 Å². The number of nitrogens with one attached hydrogen (secondary N) is 1. The minimum Gasteiger partial charge on any atom is -0.444 e. The van der Waals surface area contributed by atoms with Gasteiger partial charge in [0, 0.05) is 37.8 Å². The first kappa shape index (κ1) is 17.2. The van der Waals surface area contributed by atoms with E-state index in [2.05, 4.69) is 5.32 Å². The van der Waals surface area contributed by atoms with E-state index in [1.54, 1.807) is 17.0 Å². The van der Waals surface area contributed by atoms with Crippen molar-refractivity contribution in [2.45, 2.75) is 38.8 Å². The van der Waals surface area contributed by atoms with Crippen LogP contribution in [0.1, 0.15) is 26.3 Å². The highest BCUT2D eigenvalue weighted by molar-refractivity contribution is 5.68. The Morgan fingerprint density at radius 3 is 2.87 bits per heavy atom. The van der Waals surface area contributed by atoms with Gasteiger partial charge < -0.3 is 15.0 Å². The molecule has 1 amide bonds. The molecule has 2 rings (SSSR count). The molecule has 0 bridgehead atoms. The number of rotatable bonds is 3. The van der Waals surface area contributed by atoms with E-state index in [1.807, 2.05) is 26.8 Å². The molecular formula is C16H23N3O4. The number of nitro groups is 1. The number of carbonyl (C=O) groups is 1. The number of nitro benzene ring substituents is 1. The van der Waals surface area contributed by atoms with Crippen molar-refractivity contribution in [3.05, 3.63) is 39.9 Å². The Morgan fingerprint density at radius 2 is 2.22 bits per heavy atom. The van der Waals surface area contributed by atoms with Crippen LogP contribution in [-0.2, 0) is 11.2 Å². The quantitative estimate of drug-likeness (QED) is 0.682. The van der Waals surface area contributed by atoms with Crippen LogP contribution in [0.4, 0.5) is 10.5 Å². The van der Waals surface area contributed by atoms with Gasteiger partial charge in [-0.15, -0.1) is 0 Å². The molecule has 0 aromatic heterocycles. The molecular weight excluding hydrogens is 298 g/mol. The summed E-state index contributed by atoms with van der Waals surface area (Å²) in [5.41, 5.74) is 0.447. The van der Waals surface area contributed by atoms with Crippen molar-refractivity contribution in [1.82, 2.24) is 10.2 Å². The smallest absolute Gasteiger partial charge is 0.410 e. The van der Waals surface area contributed by atoms with Crippen molar-refractivity contribution in [2.24, 2.45) is 0 Å². The lowest BCUT2D eigenvalue weighted by Crippen LogP contribution is -2.54. The van der Waals surface area contributed by atoms with Gasteiger partial charge in [-0.3, -0.25) is 10.1 Å². The summed E-state index contributed by atoms with van der Waals surface area (Å²) in [5.74, 6) is 0. The Labute approximate surface area is 135 Å². The van der Waals surface area contributed by atoms with Gasteiger partial charge in [-0.1, -0.05) is 12.1 Å². The van der Waals surface area contributed by atoms with Crippen LogP contribution >= 0.6 is 0 Å². The lowest BCUT2D eigenvalue weighted by molar-refractivity contribution is -0.384. The second kappa shape index (κ2) is 6.95. The summed E-state index contributed by atoms with van der Waals surface area (Å²) in [6, 6.07) is 6.65. The van der Waals surface area contributed by atoms with Crippen LogP contribution in [0.3, 0.4) is 0 Å². The number of ether oxygens (including phenoxy) is 1. The molecule has 1 fully saturated rings. The molecule has 0 saturated carbocycles. The number of hydrogen-bond acceptors (Lipinski definition) is 5. The summed E-state index contributed by atoms with van der Waals surface area (Å²) < 4.78 is 5.40. The van der Waals surface area contributed by atoms with Gasteiger partial charge in [-0.2, -0.15) is 0 Å². The van der Waals surface area contributed by atoms with E-state index in [4.69, 9.17) is 4.74 Å². The van der Waals surface area contributed by atoms with Gasteiger partial charge in [0.2, 0.25) is 0 Å². The van der Waals surface area contributed by atoms with Crippen molar-refractivity contribution in [2.75, 3.05) is 19.6 Å². The number of piperazine rings is 1. The van der Waals surface area contributed by atoms with Gasteiger partial charge in [0.05, 0.1) is 4.92 Å². The molecule has 1 heterocycles. The number of nitrogens with zero attached hydrogens (tertiary/aromatic N) is 2. The van der Waals surface area contributed by atoms with Crippen LogP contribution < -0.4 is 5.32 Å². The van der Waals surface area contributed by atoms with E-state index in [0.717, 1.165) is 5.56 Å². The molecule has 126 valence electrons. The summed E-state index contributed by atoms with van der Waals surface area (Å²) in [6.07, 6.45) is 0.309. The second-order valence-electron chi connectivity index (χ2n) is 6.71. The lowest BCUT2D eigenvalue weighted by atomic mass is 10.0. The Bertz CT molecular complexity index is 583. The van der Waals surface area contributed by atoms with Gasteiger partial charge in [0.1, 0.15) is 5.60 Å². The number of non-ortho nitro benzene ring substituents is 1. The van der Waals surface area contributed by atoms with E-state index in [0.29, 0.717) is 26.1 Å². The molecule has 1 saturated heterocycles. The monoisotopic (exact) mass is 321 g/mol. The Kier molecular flexibility index (Phi) is 5.20. The summed E-state index contributed by atoms with van der Waals surface area (Å²) in [6.45, 7) is 7.33. The molecule has 0 radical (unpaired) electrons. The van der Waals surface area contributed by atoms with E-state index >= 15 is 0 Å². The SMILES string of the molecule is CC(C)(C)OC(=O)N1CCNC(Cc2cccc([N+](=O)[O-])c2)C1. The predicted octanol–water partition coefficient (Wildman–Crippen LogP) is 2.35. The van der Waals surface area contributed by atoms with E-state index < -0.39 is 10.5 Å². The summed E-state index contributed by atoms with van der Waals surface area (Å²) in [4.78, 5) is 24.3.